The number of anilines is 1. The van der Waals surface area contributed by atoms with Gasteiger partial charge in [-0.25, -0.2) is 0 Å². The minimum atomic E-state index is 0.0147. The van der Waals surface area contributed by atoms with E-state index in [2.05, 4.69) is 73.7 Å². The van der Waals surface area contributed by atoms with Crippen molar-refractivity contribution in [1.29, 1.82) is 0 Å². The summed E-state index contributed by atoms with van der Waals surface area (Å²) in [6.45, 7) is 15.1. The summed E-state index contributed by atoms with van der Waals surface area (Å²) in [6, 6.07) is 8.55. The highest BCUT2D eigenvalue weighted by Crippen LogP contribution is 2.32. The summed E-state index contributed by atoms with van der Waals surface area (Å²) in [5.41, 5.74) is 6.62. The summed E-state index contributed by atoms with van der Waals surface area (Å²) >= 11 is 0. The summed E-state index contributed by atoms with van der Waals surface area (Å²) in [4.78, 5) is 15.5. The van der Waals surface area contributed by atoms with Gasteiger partial charge in [-0.2, -0.15) is 0 Å². The van der Waals surface area contributed by atoms with Crippen molar-refractivity contribution < 1.29 is 9.53 Å². The van der Waals surface area contributed by atoms with Gasteiger partial charge < -0.3 is 19.5 Å². The molecule has 1 aromatic carbocycles. The molecule has 5 heteroatoms. The highest BCUT2D eigenvalue weighted by atomic mass is 16.5. The monoisotopic (exact) mass is 383 g/mol. The Balaban J connectivity index is 2.01. The molecule has 0 bridgehead atoms. The van der Waals surface area contributed by atoms with E-state index in [1.165, 1.54) is 16.8 Å². The van der Waals surface area contributed by atoms with Gasteiger partial charge in [-0.05, 0) is 32.3 Å². The van der Waals surface area contributed by atoms with E-state index in [9.17, 15) is 4.79 Å². The number of nitrogens with zero attached hydrogens (tertiary/aromatic N) is 2. The van der Waals surface area contributed by atoms with Crippen LogP contribution in [0.3, 0.4) is 0 Å². The lowest BCUT2D eigenvalue weighted by Crippen LogP contribution is -2.36. The Hall–Kier alpha value is -2.27. The number of morpholine rings is 1. The maximum atomic E-state index is 13.1. The lowest BCUT2D eigenvalue weighted by molar-refractivity contribution is 0.0939. The molecular formula is C23H33N3O2. The standard InChI is InChI=1S/C23H33N3O2/c1-16(2)14-24-23(27)22-18(4)21(25-10-12-28-13-11-25)19(5)26(22)15-20-8-6-17(3)7-9-20/h6-9,16H,10-15H2,1-5H3,(H,24,27). The molecule has 2 aromatic rings. The van der Waals surface area contributed by atoms with Crippen molar-refractivity contribution in [3.8, 4) is 0 Å². The van der Waals surface area contributed by atoms with Crippen LogP contribution in [0, 0.1) is 26.7 Å². The van der Waals surface area contributed by atoms with E-state index in [1.807, 2.05) is 0 Å². The largest absolute Gasteiger partial charge is 0.378 e. The minimum Gasteiger partial charge on any atom is -0.378 e. The number of hydrogen-bond acceptors (Lipinski definition) is 3. The van der Waals surface area contributed by atoms with Crippen LogP contribution in [-0.2, 0) is 11.3 Å². The fraction of sp³-hybridized carbons (Fsp3) is 0.522. The van der Waals surface area contributed by atoms with Crippen LogP contribution < -0.4 is 10.2 Å². The van der Waals surface area contributed by atoms with Gasteiger partial charge >= 0.3 is 0 Å². The summed E-state index contributed by atoms with van der Waals surface area (Å²) in [6.07, 6.45) is 0. The Morgan fingerprint density at radius 3 is 2.36 bits per heavy atom. The maximum Gasteiger partial charge on any atom is 0.268 e. The predicted octanol–water partition coefficient (Wildman–Crippen LogP) is 3.68. The molecule has 1 aliphatic heterocycles. The van der Waals surface area contributed by atoms with Crippen LogP contribution in [0.25, 0.3) is 0 Å². The molecule has 1 aliphatic rings. The van der Waals surface area contributed by atoms with Crippen molar-refractivity contribution in [1.82, 2.24) is 9.88 Å². The third-order valence-electron chi connectivity index (χ3n) is 5.40. The molecule has 2 heterocycles. The van der Waals surface area contributed by atoms with Crippen molar-refractivity contribution >= 4 is 11.6 Å². The van der Waals surface area contributed by atoms with Gasteiger partial charge in [0.2, 0.25) is 0 Å². The van der Waals surface area contributed by atoms with E-state index in [0.717, 1.165) is 43.3 Å². The zero-order chi connectivity index (χ0) is 20.3. The van der Waals surface area contributed by atoms with E-state index in [-0.39, 0.29) is 5.91 Å². The zero-order valence-corrected chi connectivity index (χ0v) is 17.8. The number of carbonyl (C=O) groups excluding carboxylic acids is 1. The van der Waals surface area contributed by atoms with Gasteiger partial charge in [-0.3, -0.25) is 4.79 Å². The molecule has 1 saturated heterocycles. The number of ether oxygens (including phenoxy) is 1. The number of aromatic nitrogens is 1. The Bertz CT molecular complexity index is 815. The van der Waals surface area contributed by atoms with Crippen molar-refractivity contribution in [2.24, 2.45) is 5.92 Å². The van der Waals surface area contributed by atoms with Gasteiger partial charge in [0.05, 0.1) is 18.9 Å². The normalized spacial score (nSPS) is 14.6. The van der Waals surface area contributed by atoms with E-state index in [0.29, 0.717) is 19.0 Å². The third-order valence-corrected chi connectivity index (χ3v) is 5.40. The predicted molar refractivity (Wildman–Crippen MR) is 114 cm³/mol. The molecule has 0 atom stereocenters. The lowest BCUT2D eigenvalue weighted by Gasteiger charge is -2.29. The first kappa shape index (κ1) is 20.5. The molecule has 0 unspecified atom stereocenters. The van der Waals surface area contributed by atoms with Gasteiger partial charge in [0, 0.05) is 37.4 Å². The van der Waals surface area contributed by atoms with Crippen molar-refractivity contribution in [2.75, 3.05) is 37.7 Å². The third kappa shape index (κ3) is 4.41. The Morgan fingerprint density at radius 2 is 1.75 bits per heavy atom. The van der Waals surface area contributed by atoms with Crippen LogP contribution in [0.15, 0.2) is 24.3 Å². The number of carbonyl (C=O) groups is 1. The highest BCUT2D eigenvalue weighted by Gasteiger charge is 2.26. The number of rotatable bonds is 6. The molecule has 1 amide bonds. The molecule has 0 radical (unpaired) electrons. The van der Waals surface area contributed by atoms with Crippen LogP contribution in [0.4, 0.5) is 5.69 Å². The summed E-state index contributed by atoms with van der Waals surface area (Å²) in [5.74, 6) is 0.436. The van der Waals surface area contributed by atoms with E-state index < -0.39 is 0 Å². The second-order valence-corrected chi connectivity index (χ2v) is 8.18. The van der Waals surface area contributed by atoms with Crippen LogP contribution in [-0.4, -0.2) is 43.3 Å². The van der Waals surface area contributed by atoms with Gasteiger partial charge in [-0.1, -0.05) is 43.7 Å². The van der Waals surface area contributed by atoms with Gasteiger partial charge in [0.25, 0.3) is 5.91 Å². The first-order valence-electron chi connectivity index (χ1n) is 10.2. The molecule has 1 N–H and O–H groups in total. The Labute approximate surface area is 168 Å². The maximum absolute atomic E-state index is 13.1. The number of nitrogens with one attached hydrogen (secondary N) is 1. The average molecular weight is 384 g/mol. The lowest BCUT2D eigenvalue weighted by atomic mass is 10.1. The molecule has 0 spiro atoms. The van der Waals surface area contributed by atoms with Crippen LogP contribution >= 0.6 is 0 Å². The van der Waals surface area contributed by atoms with Crippen molar-refractivity contribution in [3.63, 3.8) is 0 Å². The molecule has 3 rings (SSSR count). The Morgan fingerprint density at radius 1 is 1.11 bits per heavy atom. The van der Waals surface area contributed by atoms with E-state index >= 15 is 0 Å². The van der Waals surface area contributed by atoms with Crippen LogP contribution in [0.2, 0.25) is 0 Å². The molecule has 1 fully saturated rings. The summed E-state index contributed by atoms with van der Waals surface area (Å²) in [5, 5.41) is 3.12. The molecule has 0 saturated carbocycles. The van der Waals surface area contributed by atoms with Gasteiger partial charge in [0.1, 0.15) is 5.69 Å². The number of aryl methyl sites for hydroxylation is 1. The van der Waals surface area contributed by atoms with Crippen LogP contribution in [0.1, 0.15) is 46.7 Å². The molecule has 28 heavy (non-hydrogen) atoms. The fourth-order valence-electron chi connectivity index (χ4n) is 3.88. The van der Waals surface area contributed by atoms with Crippen molar-refractivity contribution in [2.45, 2.75) is 41.2 Å². The average Bonchev–Trinajstić information content (AvgIpc) is 2.92. The molecule has 1 aromatic heterocycles. The van der Waals surface area contributed by atoms with Crippen molar-refractivity contribution in [3.05, 3.63) is 52.3 Å². The molecule has 0 aliphatic carbocycles. The second kappa shape index (κ2) is 8.82. The number of benzene rings is 1. The zero-order valence-electron chi connectivity index (χ0n) is 17.8. The fourth-order valence-corrected chi connectivity index (χ4v) is 3.88. The molecule has 152 valence electrons. The van der Waals surface area contributed by atoms with Gasteiger partial charge in [-0.15, -0.1) is 0 Å². The smallest absolute Gasteiger partial charge is 0.268 e. The number of hydrogen-bond donors (Lipinski definition) is 1. The Kier molecular flexibility index (Phi) is 6.45. The summed E-state index contributed by atoms with van der Waals surface area (Å²) < 4.78 is 7.71. The topological polar surface area (TPSA) is 46.5 Å². The molecule has 5 nitrogen and oxygen atoms in total. The van der Waals surface area contributed by atoms with E-state index in [4.69, 9.17) is 4.74 Å². The SMILES string of the molecule is Cc1ccc(Cn2c(C)c(N3CCOCC3)c(C)c2C(=O)NCC(C)C)cc1. The highest BCUT2D eigenvalue weighted by molar-refractivity contribution is 5.96. The van der Waals surface area contributed by atoms with Crippen LogP contribution in [0.5, 0.6) is 0 Å². The van der Waals surface area contributed by atoms with E-state index in [1.54, 1.807) is 0 Å². The summed E-state index contributed by atoms with van der Waals surface area (Å²) in [7, 11) is 0. The minimum absolute atomic E-state index is 0.0147. The number of amides is 1. The quantitative estimate of drug-likeness (QED) is 0.828. The first-order chi connectivity index (χ1) is 13.4. The second-order valence-electron chi connectivity index (χ2n) is 8.18. The first-order valence-corrected chi connectivity index (χ1v) is 10.2. The molecular weight excluding hydrogens is 350 g/mol. The van der Waals surface area contributed by atoms with Gasteiger partial charge in [0.15, 0.2) is 0 Å².